The molecule has 0 aromatic carbocycles. The van der Waals surface area contributed by atoms with E-state index in [1.165, 1.54) is 0 Å². The molecule has 0 atom stereocenters. The number of aromatic nitrogens is 1. The fourth-order valence-electron chi connectivity index (χ4n) is 1.62. The molecule has 0 spiro atoms. The molecule has 1 rings (SSSR count). The lowest BCUT2D eigenvalue weighted by molar-refractivity contribution is 0.257. The molecular weight excluding hydrogens is 192 g/mol. The van der Waals surface area contributed by atoms with Gasteiger partial charge in [0, 0.05) is 12.1 Å². The average Bonchev–Trinajstić information content (AvgIpc) is 2.52. The molecule has 86 valence electrons. The highest BCUT2D eigenvalue weighted by molar-refractivity contribution is 5.30. The van der Waals surface area contributed by atoms with E-state index in [1.807, 2.05) is 6.92 Å². The van der Waals surface area contributed by atoms with Gasteiger partial charge in [-0.15, -0.1) is 0 Å². The summed E-state index contributed by atoms with van der Waals surface area (Å²) in [5.74, 6) is 0.485. The summed E-state index contributed by atoms with van der Waals surface area (Å²) >= 11 is 0. The van der Waals surface area contributed by atoms with Gasteiger partial charge in [-0.05, 0) is 34.6 Å². The Morgan fingerprint density at radius 2 is 1.93 bits per heavy atom. The lowest BCUT2D eigenvalue weighted by Gasteiger charge is -2.28. The molecule has 0 saturated carbocycles. The van der Waals surface area contributed by atoms with Gasteiger partial charge in [0.2, 0.25) is 0 Å². The number of anilines is 1. The van der Waals surface area contributed by atoms with Crippen LogP contribution in [0.4, 0.5) is 6.01 Å². The summed E-state index contributed by atoms with van der Waals surface area (Å²) in [5.41, 5.74) is 0. The van der Waals surface area contributed by atoms with Crippen LogP contribution >= 0.6 is 0 Å². The largest absolute Gasteiger partial charge is 0.464 e. The highest BCUT2D eigenvalue weighted by Crippen LogP contribution is 2.23. The van der Waals surface area contributed by atoms with Gasteiger partial charge in [-0.3, -0.25) is 0 Å². The van der Waals surface area contributed by atoms with Crippen LogP contribution in [0, 0.1) is 0 Å². The van der Waals surface area contributed by atoms with Crippen LogP contribution in [0.15, 0.2) is 10.6 Å². The van der Waals surface area contributed by atoms with Crippen molar-refractivity contribution in [2.24, 2.45) is 0 Å². The first-order valence-electron chi connectivity index (χ1n) is 5.43. The van der Waals surface area contributed by atoms with Crippen LogP contribution < -0.4 is 9.64 Å². The van der Waals surface area contributed by atoms with Gasteiger partial charge >= 0.3 is 12.0 Å². The van der Waals surface area contributed by atoms with Crippen LogP contribution in [0.1, 0.15) is 34.6 Å². The van der Waals surface area contributed by atoms with Crippen LogP contribution in [0.5, 0.6) is 5.95 Å². The van der Waals surface area contributed by atoms with E-state index in [1.54, 1.807) is 6.20 Å². The first-order valence-corrected chi connectivity index (χ1v) is 5.43. The molecule has 0 bridgehead atoms. The molecule has 1 aromatic rings. The van der Waals surface area contributed by atoms with E-state index in [2.05, 4.69) is 37.6 Å². The lowest BCUT2D eigenvalue weighted by atomic mass is 10.2. The summed E-state index contributed by atoms with van der Waals surface area (Å²) in [4.78, 5) is 6.33. The Hall–Kier alpha value is -1.19. The van der Waals surface area contributed by atoms with Crippen LogP contribution in [-0.2, 0) is 0 Å². The second-order valence-electron chi connectivity index (χ2n) is 3.99. The zero-order valence-corrected chi connectivity index (χ0v) is 10.2. The molecule has 0 aliphatic heterocycles. The Balaban J connectivity index is 2.82. The average molecular weight is 212 g/mol. The monoisotopic (exact) mass is 212 g/mol. The number of hydrogen-bond acceptors (Lipinski definition) is 4. The smallest absolute Gasteiger partial charge is 0.306 e. The van der Waals surface area contributed by atoms with Gasteiger partial charge in [0.25, 0.3) is 0 Å². The summed E-state index contributed by atoms with van der Waals surface area (Å²) in [6, 6.07) is 1.35. The van der Waals surface area contributed by atoms with Crippen LogP contribution in [0.2, 0.25) is 0 Å². The van der Waals surface area contributed by atoms with Crippen LogP contribution in [0.3, 0.4) is 0 Å². The number of ether oxygens (including phenoxy) is 1. The van der Waals surface area contributed by atoms with Gasteiger partial charge in [0.1, 0.15) is 6.20 Å². The number of nitrogens with zero attached hydrogens (tertiary/aromatic N) is 2. The summed E-state index contributed by atoms with van der Waals surface area (Å²) < 4.78 is 10.7. The van der Waals surface area contributed by atoms with Crippen molar-refractivity contribution in [1.29, 1.82) is 0 Å². The number of hydrogen-bond donors (Lipinski definition) is 0. The van der Waals surface area contributed by atoms with Crippen LogP contribution in [0.25, 0.3) is 0 Å². The topological polar surface area (TPSA) is 38.5 Å². The van der Waals surface area contributed by atoms with Crippen molar-refractivity contribution in [3.05, 3.63) is 6.20 Å². The van der Waals surface area contributed by atoms with Crippen LogP contribution in [-0.4, -0.2) is 23.7 Å². The van der Waals surface area contributed by atoms with E-state index in [-0.39, 0.29) is 0 Å². The Morgan fingerprint density at radius 3 is 2.40 bits per heavy atom. The van der Waals surface area contributed by atoms with Crippen molar-refractivity contribution in [1.82, 2.24) is 4.98 Å². The van der Waals surface area contributed by atoms with Crippen molar-refractivity contribution in [2.45, 2.75) is 46.7 Å². The molecule has 0 N–H and O–H groups in total. The van der Waals surface area contributed by atoms with E-state index in [0.717, 1.165) is 0 Å². The molecular formula is C11H20N2O2. The van der Waals surface area contributed by atoms with Gasteiger partial charge < -0.3 is 14.1 Å². The molecule has 0 aliphatic rings. The lowest BCUT2D eigenvalue weighted by Crippen LogP contribution is -2.37. The zero-order chi connectivity index (χ0) is 11.4. The van der Waals surface area contributed by atoms with E-state index >= 15 is 0 Å². The van der Waals surface area contributed by atoms with Gasteiger partial charge in [0.15, 0.2) is 0 Å². The SMILES string of the molecule is CCOc1cnc(N(C(C)C)C(C)C)o1. The van der Waals surface area contributed by atoms with Crippen molar-refractivity contribution < 1.29 is 9.15 Å². The third-order valence-electron chi connectivity index (χ3n) is 2.09. The first kappa shape index (κ1) is 11.9. The van der Waals surface area contributed by atoms with Crippen molar-refractivity contribution in [3.63, 3.8) is 0 Å². The van der Waals surface area contributed by atoms with Gasteiger partial charge in [0.05, 0.1) is 6.61 Å². The van der Waals surface area contributed by atoms with Gasteiger partial charge in [-0.2, -0.15) is 4.98 Å². The second kappa shape index (κ2) is 5.05. The van der Waals surface area contributed by atoms with Crippen molar-refractivity contribution >= 4 is 6.01 Å². The molecule has 15 heavy (non-hydrogen) atoms. The minimum Gasteiger partial charge on any atom is -0.464 e. The van der Waals surface area contributed by atoms with E-state index in [4.69, 9.17) is 9.15 Å². The maximum atomic E-state index is 5.50. The quantitative estimate of drug-likeness (QED) is 0.752. The predicted molar refractivity (Wildman–Crippen MR) is 60.4 cm³/mol. The molecule has 1 heterocycles. The molecule has 0 radical (unpaired) electrons. The van der Waals surface area contributed by atoms with Gasteiger partial charge in [-0.1, -0.05) is 0 Å². The summed E-state index contributed by atoms with van der Waals surface area (Å²) in [5, 5.41) is 0. The minimum absolute atomic E-state index is 0.359. The zero-order valence-electron chi connectivity index (χ0n) is 10.2. The first-order chi connectivity index (χ1) is 7.06. The highest BCUT2D eigenvalue weighted by Gasteiger charge is 2.19. The predicted octanol–water partition coefficient (Wildman–Crippen LogP) is 2.70. The fraction of sp³-hybridized carbons (Fsp3) is 0.727. The second-order valence-corrected chi connectivity index (χ2v) is 3.99. The Bertz CT molecular complexity index is 287. The molecule has 0 aliphatic carbocycles. The molecule has 0 saturated heterocycles. The van der Waals surface area contributed by atoms with E-state index in [0.29, 0.717) is 30.7 Å². The molecule has 0 fully saturated rings. The Kier molecular flexibility index (Phi) is 4.00. The summed E-state index contributed by atoms with van der Waals surface area (Å²) in [7, 11) is 0. The summed E-state index contributed by atoms with van der Waals surface area (Å²) in [6.45, 7) is 11.0. The minimum atomic E-state index is 0.359. The standard InChI is InChI=1S/C11H20N2O2/c1-6-14-10-7-12-11(15-10)13(8(2)3)9(4)5/h7-9H,6H2,1-5H3. The number of rotatable bonds is 5. The molecule has 4 heteroatoms. The van der Waals surface area contributed by atoms with E-state index in [9.17, 15) is 0 Å². The maximum Gasteiger partial charge on any atom is 0.306 e. The third kappa shape index (κ3) is 2.88. The summed E-state index contributed by atoms with van der Waals surface area (Å²) in [6.07, 6.45) is 1.62. The highest BCUT2D eigenvalue weighted by atomic mass is 16.6. The Labute approximate surface area is 91.2 Å². The molecule has 4 nitrogen and oxygen atoms in total. The Morgan fingerprint density at radius 1 is 1.33 bits per heavy atom. The normalized spacial score (nSPS) is 11.1. The maximum absolute atomic E-state index is 5.50. The van der Waals surface area contributed by atoms with E-state index < -0.39 is 0 Å². The van der Waals surface area contributed by atoms with Gasteiger partial charge in [-0.25, -0.2) is 0 Å². The number of oxazole rings is 1. The molecule has 1 aromatic heterocycles. The molecule has 0 amide bonds. The fourth-order valence-corrected chi connectivity index (χ4v) is 1.62. The van der Waals surface area contributed by atoms with Crippen molar-refractivity contribution in [3.8, 4) is 5.95 Å². The van der Waals surface area contributed by atoms with Crippen molar-refractivity contribution in [2.75, 3.05) is 11.5 Å². The third-order valence-corrected chi connectivity index (χ3v) is 2.09. The molecule has 0 unspecified atom stereocenters.